The Morgan fingerprint density at radius 3 is 2.48 bits per heavy atom. The molecule has 0 saturated carbocycles. The molecule has 118 valence electrons. The fraction of sp³-hybridized carbons (Fsp3) is 0.500. The van der Waals surface area contributed by atoms with Crippen LogP contribution in [-0.2, 0) is 9.05 Å². The summed E-state index contributed by atoms with van der Waals surface area (Å²) in [5, 5.41) is 9.11. The van der Waals surface area contributed by atoms with Crippen molar-refractivity contribution >= 4 is 25.7 Å². The fourth-order valence-electron chi connectivity index (χ4n) is 1.84. The van der Waals surface area contributed by atoms with Gasteiger partial charge in [-0.3, -0.25) is 0 Å². The highest BCUT2D eigenvalue weighted by Crippen LogP contribution is 2.25. The van der Waals surface area contributed by atoms with Crippen molar-refractivity contribution in [1.29, 1.82) is 0 Å². The second-order valence-corrected chi connectivity index (χ2v) is 7.23. The minimum Gasteiger partial charge on any atom is -0.493 e. The lowest BCUT2D eigenvalue weighted by molar-refractivity contribution is 0.0692. The summed E-state index contributed by atoms with van der Waals surface area (Å²) < 4.78 is 27.9. The largest absolute Gasteiger partial charge is 0.493 e. The van der Waals surface area contributed by atoms with Gasteiger partial charge in [0.25, 0.3) is 9.05 Å². The third-order valence-electron chi connectivity index (χ3n) is 2.97. The van der Waals surface area contributed by atoms with Crippen molar-refractivity contribution in [3.63, 3.8) is 0 Å². The van der Waals surface area contributed by atoms with Crippen molar-refractivity contribution in [3.05, 3.63) is 23.8 Å². The summed E-state index contributed by atoms with van der Waals surface area (Å²) in [5.74, 6) is -1.10. The van der Waals surface area contributed by atoms with Gasteiger partial charge in [0.15, 0.2) is 0 Å². The highest BCUT2D eigenvalue weighted by atomic mass is 35.7. The number of benzene rings is 1. The van der Waals surface area contributed by atoms with Crippen molar-refractivity contribution < 1.29 is 23.1 Å². The number of hydrogen-bond donors (Lipinski definition) is 1. The molecule has 0 aliphatic carbocycles. The van der Waals surface area contributed by atoms with Crippen LogP contribution in [0.25, 0.3) is 0 Å². The van der Waals surface area contributed by atoms with Crippen LogP contribution in [0, 0.1) is 0 Å². The van der Waals surface area contributed by atoms with E-state index in [2.05, 4.69) is 6.92 Å². The summed E-state index contributed by atoms with van der Waals surface area (Å²) in [6, 6.07) is 3.57. The predicted molar refractivity (Wildman–Crippen MR) is 80.7 cm³/mol. The average molecular weight is 335 g/mol. The first-order valence-electron chi connectivity index (χ1n) is 6.81. The molecule has 7 heteroatoms. The van der Waals surface area contributed by atoms with Crippen molar-refractivity contribution in [2.45, 2.75) is 43.9 Å². The summed E-state index contributed by atoms with van der Waals surface area (Å²) in [7, 11) is 1.24. The van der Waals surface area contributed by atoms with Crippen LogP contribution in [0.2, 0.25) is 0 Å². The van der Waals surface area contributed by atoms with Gasteiger partial charge in [-0.1, -0.05) is 32.6 Å². The van der Waals surface area contributed by atoms with Gasteiger partial charge < -0.3 is 9.84 Å². The first-order valence-corrected chi connectivity index (χ1v) is 9.12. The molecule has 0 spiro atoms. The molecular weight excluding hydrogens is 316 g/mol. The Bertz CT molecular complexity index is 583. The minimum atomic E-state index is -3.96. The Hall–Kier alpha value is -1.27. The minimum absolute atomic E-state index is 0.155. The number of carboxylic acid groups (broad SMARTS) is 1. The number of unbranched alkanes of at least 4 members (excludes halogenated alkanes) is 4. The molecular formula is C14H19ClO5S. The number of ether oxygens (including phenoxy) is 1. The quantitative estimate of drug-likeness (QED) is 0.550. The molecule has 0 amide bonds. The molecule has 0 aromatic heterocycles. The van der Waals surface area contributed by atoms with Crippen molar-refractivity contribution in [2.75, 3.05) is 6.61 Å². The van der Waals surface area contributed by atoms with E-state index in [1.54, 1.807) is 0 Å². The van der Waals surface area contributed by atoms with E-state index in [9.17, 15) is 13.2 Å². The van der Waals surface area contributed by atoms with Crippen LogP contribution in [0.5, 0.6) is 5.75 Å². The molecule has 1 rings (SSSR count). The van der Waals surface area contributed by atoms with Crippen LogP contribution in [-0.4, -0.2) is 26.1 Å². The SMILES string of the molecule is CCCCCCCOc1ccc(S(=O)(=O)Cl)cc1C(=O)O. The van der Waals surface area contributed by atoms with Crippen molar-refractivity contribution in [3.8, 4) is 5.75 Å². The Balaban J connectivity index is 2.72. The number of carboxylic acids is 1. The maximum absolute atomic E-state index is 11.2. The molecule has 21 heavy (non-hydrogen) atoms. The normalized spacial score (nSPS) is 11.3. The van der Waals surface area contributed by atoms with Crippen LogP contribution in [0.4, 0.5) is 0 Å². The summed E-state index contributed by atoms with van der Waals surface area (Å²) in [5.41, 5.74) is -0.203. The van der Waals surface area contributed by atoms with Gasteiger partial charge in [-0.15, -0.1) is 0 Å². The molecule has 1 aromatic carbocycles. The second-order valence-electron chi connectivity index (χ2n) is 4.66. The van der Waals surface area contributed by atoms with Gasteiger partial charge >= 0.3 is 5.97 Å². The van der Waals surface area contributed by atoms with Crippen LogP contribution in [0.3, 0.4) is 0 Å². The van der Waals surface area contributed by atoms with Gasteiger partial charge in [-0.25, -0.2) is 13.2 Å². The first-order chi connectivity index (χ1) is 9.86. The van der Waals surface area contributed by atoms with Crippen molar-refractivity contribution in [1.82, 2.24) is 0 Å². The van der Waals surface area contributed by atoms with E-state index in [1.807, 2.05) is 0 Å². The molecule has 1 aromatic rings. The number of hydrogen-bond acceptors (Lipinski definition) is 4. The fourth-order valence-corrected chi connectivity index (χ4v) is 2.62. The summed E-state index contributed by atoms with van der Waals surface area (Å²) >= 11 is 0. The summed E-state index contributed by atoms with van der Waals surface area (Å²) in [4.78, 5) is 10.9. The first kappa shape index (κ1) is 17.8. The smallest absolute Gasteiger partial charge is 0.339 e. The number of halogens is 1. The lowest BCUT2D eigenvalue weighted by Crippen LogP contribution is -2.06. The van der Waals surface area contributed by atoms with E-state index in [0.717, 1.165) is 31.7 Å². The van der Waals surface area contributed by atoms with E-state index in [1.165, 1.54) is 18.6 Å². The van der Waals surface area contributed by atoms with Crippen molar-refractivity contribution in [2.24, 2.45) is 0 Å². The zero-order chi connectivity index (χ0) is 15.9. The van der Waals surface area contributed by atoms with E-state index in [0.29, 0.717) is 6.61 Å². The number of rotatable bonds is 9. The van der Waals surface area contributed by atoms with Gasteiger partial charge in [0.2, 0.25) is 0 Å². The van der Waals surface area contributed by atoms with Crippen LogP contribution < -0.4 is 4.74 Å². The van der Waals surface area contributed by atoms with Gasteiger partial charge in [0, 0.05) is 10.7 Å². The van der Waals surface area contributed by atoms with Crippen LogP contribution in [0.1, 0.15) is 49.4 Å². The van der Waals surface area contributed by atoms with Gasteiger partial charge in [-0.2, -0.15) is 0 Å². The molecule has 0 bridgehead atoms. The second kappa shape index (κ2) is 8.24. The van der Waals surface area contributed by atoms with Gasteiger partial charge in [0.05, 0.1) is 11.5 Å². The third kappa shape index (κ3) is 5.93. The summed E-state index contributed by atoms with van der Waals surface area (Å²) in [6.45, 7) is 2.53. The average Bonchev–Trinajstić information content (AvgIpc) is 2.41. The molecule has 0 unspecified atom stereocenters. The molecule has 0 aliphatic rings. The maximum atomic E-state index is 11.2. The van der Waals surface area contributed by atoms with E-state index in [4.69, 9.17) is 20.5 Å². The topological polar surface area (TPSA) is 80.7 Å². The highest BCUT2D eigenvalue weighted by molar-refractivity contribution is 8.13. The highest BCUT2D eigenvalue weighted by Gasteiger charge is 2.17. The molecule has 5 nitrogen and oxygen atoms in total. The molecule has 1 N–H and O–H groups in total. The predicted octanol–water partition coefficient (Wildman–Crippen LogP) is 3.66. The summed E-state index contributed by atoms with van der Waals surface area (Å²) in [6.07, 6.45) is 5.29. The van der Waals surface area contributed by atoms with Crippen LogP contribution in [0.15, 0.2) is 23.1 Å². The molecule has 0 radical (unpaired) electrons. The van der Waals surface area contributed by atoms with E-state index < -0.39 is 15.0 Å². The number of aromatic carboxylic acids is 1. The maximum Gasteiger partial charge on any atom is 0.339 e. The molecule has 0 heterocycles. The zero-order valence-corrected chi connectivity index (χ0v) is 13.4. The van der Waals surface area contributed by atoms with Gasteiger partial charge in [0.1, 0.15) is 11.3 Å². The van der Waals surface area contributed by atoms with Crippen LogP contribution >= 0.6 is 10.7 Å². The molecule has 0 aliphatic heterocycles. The molecule has 0 atom stereocenters. The monoisotopic (exact) mass is 334 g/mol. The Labute approximate surface area is 129 Å². The molecule has 0 fully saturated rings. The Morgan fingerprint density at radius 2 is 1.90 bits per heavy atom. The lowest BCUT2D eigenvalue weighted by Gasteiger charge is -2.10. The Kier molecular flexibility index (Phi) is 6.98. The lowest BCUT2D eigenvalue weighted by atomic mass is 10.1. The van der Waals surface area contributed by atoms with E-state index in [-0.39, 0.29) is 16.2 Å². The Morgan fingerprint density at radius 1 is 1.24 bits per heavy atom. The third-order valence-corrected chi connectivity index (χ3v) is 4.32. The molecule has 0 saturated heterocycles. The van der Waals surface area contributed by atoms with E-state index >= 15 is 0 Å². The van der Waals surface area contributed by atoms with Gasteiger partial charge in [-0.05, 0) is 24.6 Å². The number of carbonyl (C=O) groups is 1. The zero-order valence-electron chi connectivity index (χ0n) is 11.8. The standard InChI is InChI=1S/C14H19ClO5S/c1-2-3-4-5-6-9-20-13-8-7-11(21(15,18)19)10-12(13)14(16)17/h7-8,10H,2-6,9H2,1H3,(H,16,17).